The fourth-order valence-corrected chi connectivity index (χ4v) is 5.49. The molecule has 10 nitrogen and oxygen atoms in total. The number of hydrogen-bond donors (Lipinski definition) is 3. The molecule has 3 N–H and O–H groups in total. The molecule has 1 aromatic carbocycles. The molecule has 172 valence electrons. The third kappa shape index (κ3) is 3.62. The van der Waals surface area contributed by atoms with Crippen molar-refractivity contribution in [2.24, 2.45) is 0 Å². The largest absolute Gasteiger partial charge is 0.497 e. The fraction of sp³-hybridized carbons (Fsp3) is 0.364. The summed E-state index contributed by atoms with van der Waals surface area (Å²) in [4.78, 5) is 43.0. The highest BCUT2D eigenvalue weighted by Crippen LogP contribution is 2.35. The van der Waals surface area contributed by atoms with Gasteiger partial charge in [-0.25, -0.2) is 4.79 Å². The summed E-state index contributed by atoms with van der Waals surface area (Å²) in [5, 5.41) is 13.6. The van der Waals surface area contributed by atoms with Gasteiger partial charge in [-0.05, 0) is 29.8 Å². The van der Waals surface area contributed by atoms with Crippen LogP contribution >= 0.6 is 11.3 Å². The first kappa shape index (κ1) is 21.4. The molecule has 2 aromatic rings. The van der Waals surface area contributed by atoms with E-state index in [2.05, 4.69) is 10.6 Å². The van der Waals surface area contributed by atoms with Gasteiger partial charge in [0.1, 0.15) is 11.6 Å². The molecule has 4 amide bonds. The van der Waals surface area contributed by atoms with Crippen LogP contribution < -0.4 is 15.4 Å². The Kier molecular flexibility index (Phi) is 5.29. The first-order chi connectivity index (χ1) is 15.9. The molecular formula is C22H23N5O5S. The summed E-state index contributed by atoms with van der Waals surface area (Å²) in [5.41, 5.74) is -0.0653. The predicted molar refractivity (Wildman–Crippen MR) is 120 cm³/mol. The monoisotopic (exact) mass is 469 g/mol. The molecule has 4 heterocycles. The standard InChI is InChI=1S/C22H23N5O5S/c1-31-14-3-2-13-11-27(19(28)15(13)10-14)12-22(20(29)24-21(30)25-22)17-5-4-16(33-17)18(23)26-6-8-32-9-7-26/h2-5,10,23H,6-9,11-12H2,1H3,(H2,24,25,29,30)/t22-/m0/s1. The highest BCUT2D eigenvalue weighted by Gasteiger charge is 2.51. The van der Waals surface area contributed by atoms with Crippen LogP contribution in [-0.4, -0.2) is 73.4 Å². The van der Waals surface area contributed by atoms with Crippen LogP contribution in [0.5, 0.6) is 5.75 Å². The van der Waals surface area contributed by atoms with Gasteiger partial charge >= 0.3 is 6.03 Å². The third-order valence-electron chi connectivity index (χ3n) is 6.15. The number of morpholine rings is 1. The SMILES string of the molecule is COc1ccc2c(c1)C(=O)N(C[C@@]1(c3ccc(C(=N)N4CCOCC4)s3)NC(=O)NC1=O)C2. The lowest BCUT2D eigenvalue weighted by molar-refractivity contribution is -0.124. The van der Waals surface area contributed by atoms with Gasteiger partial charge < -0.3 is 24.6 Å². The minimum atomic E-state index is -1.42. The number of imide groups is 1. The zero-order chi connectivity index (χ0) is 23.2. The lowest BCUT2D eigenvalue weighted by Gasteiger charge is -2.30. The van der Waals surface area contributed by atoms with Crippen LogP contribution in [0.3, 0.4) is 0 Å². The van der Waals surface area contributed by atoms with Crippen molar-refractivity contribution in [3.05, 3.63) is 51.2 Å². The highest BCUT2D eigenvalue weighted by molar-refractivity contribution is 7.14. The van der Waals surface area contributed by atoms with Crippen molar-refractivity contribution in [3.8, 4) is 5.75 Å². The third-order valence-corrected chi connectivity index (χ3v) is 7.41. The minimum absolute atomic E-state index is 0.0226. The zero-order valence-corrected chi connectivity index (χ0v) is 18.8. The maximum absolute atomic E-state index is 13.1. The molecule has 0 unspecified atom stereocenters. The van der Waals surface area contributed by atoms with Crippen LogP contribution in [-0.2, 0) is 21.6 Å². The molecule has 33 heavy (non-hydrogen) atoms. The molecule has 0 saturated carbocycles. The lowest BCUT2D eigenvalue weighted by atomic mass is 9.96. The van der Waals surface area contributed by atoms with Gasteiger partial charge in [-0.1, -0.05) is 6.07 Å². The number of nitrogens with zero attached hydrogens (tertiary/aromatic N) is 2. The molecule has 0 bridgehead atoms. The van der Waals surface area contributed by atoms with Crippen molar-refractivity contribution in [2.45, 2.75) is 12.1 Å². The Morgan fingerprint density at radius 2 is 2.00 bits per heavy atom. The van der Waals surface area contributed by atoms with Crippen LogP contribution in [0.4, 0.5) is 4.79 Å². The number of amides is 4. The number of urea groups is 1. The number of hydrogen-bond acceptors (Lipinski definition) is 7. The Hall–Kier alpha value is -3.44. The number of methoxy groups -OCH3 is 1. The lowest BCUT2D eigenvalue weighted by Crippen LogP contribution is -2.52. The van der Waals surface area contributed by atoms with E-state index in [1.54, 1.807) is 29.2 Å². The van der Waals surface area contributed by atoms with E-state index in [9.17, 15) is 14.4 Å². The summed E-state index contributed by atoms with van der Waals surface area (Å²) in [6, 6.07) is 8.23. The summed E-state index contributed by atoms with van der Waals surface area (Å²) in [6.07, 6.45) is 0. The van der Waals surface area contributed by atoms with Crippen LogP contribution in [0.1, 0.15) is 25.7 Å². The number of carbonyl (C=O) groups is 3. The van der Waals surface area contributed by atoms with Gasteiger partial charge in [-0.2, -0.15) is 0 Å². The minimum Gasteiger partial charge on any atom is -0.497 e. The first-order valence-electron chi connectivity index (χ1n) is 10.5. The van der Waals surface area contributed by atoms with E-state index in [-0.39, 0.29) is 12.5 Å². The van der Waals surface area contributed by atoms with Crippen molar-refractivity contribution in [3.63, 3.8) is 0 Å². The number of nitrogens with one attached hydrogen (secondary N) is 3. The number of benzene rings is 1. The van der Waals surface area contributed by atoms with Gasteiger partial charge in [-0.15, -0.1) is 11.3 Å². The van der Waals surface area contributed by atoms with E-state index >= 15 is 0 Å². The Morgan fingerprint density at radius 1 is 1.21 bits per heavy atom. The van der Waals surface area contributed by atoms with Crippen molar-refractivity contribution in [1.29, 1.82) is 5.41 Å². The van der Waals surface area contributed by atoms with E-state index in [4.69, 9.17) is 14.9 Å². The Bertz CT molecular complexity index is 1160. The number of thiophene rings is 1. The second-order valence-electron chi connectivity index (χ2n) is 8.11. The Morgan fingerprint density at radius 3 is 2.70 bits per heavy atom. The number of carbonyl (C=O) groups excluding carboxylic acids is 3. The second kappa shape index (κ2) is 8.16. The number of fused-ring (bicyclic) bond motifs is 1. The molecule has 11 heteroatoms. The van der Waals surface area contributed by atoms with Crippen LogP contribution in [0, 0.1) is 5.41 Å². The Labute approximate surface area is 194 Å². The molecular weight excluding hydrogens is 446 g/mol. The molecule has 5 rings (SSSR count). The van der Waals surface area contributed by atoms with Crippen molar-refractivity contribution >= 4 is 35.0 Å². The summed E-state index contributed by atoms with van der Waals surface area (Å²) < 4.78 is 10.6. The van der Waals surface area contributed by atoms with Gasteiger partial charge in [0.15, 0.2) is 5.54 Å². The molecule has 3 aliphatic heterocycles. The van der Waals surface area contributed by atoms with E-state index in [1.807, 2.05) is 11.0 Å². The summed E-state index contributed by atoms with van der Waals surface area (Å²) in [6.45, 7) is 2.67. The predicted octanol–water partition coefficient (Wildman–Crippen LogP) is 1.10. The Balaban J connectivity index is 1.44. The van der Waals surface area contributed by atoms with E-state index in [1.165, 1.54) is 18.4 Å². The topological polar surface area (TPSA) is 124 Å². The maximum Gasteiger partial charge on any atom is 0.322 e. The summed E-state index contributed by atoms with van der Waals surface area (Å²) in [5.74, 6) is 0.191. The molecule has 1 aromatic heterocycles. The van der Waals surface area contributed by atoms with Crippen molar-refractivity contribution < 1.29 is 23.9 Å². The normalized spacial score (nSPS) is 22.3. The van der Waals surface area contributed by atoms with E-state index in [0.29, 0.717) is 59.8 Å². The van der Waals surface area contributed by atoms with Crippen molar-refractivity contribution in [2.75, 3.05) is 40.0 Å². The molecule has 0 spiro atoms. The van der Waals surface area contributed by atoms with Crippen LogP contribution in [0.15, 0.2) is 30.3 Å². The average Bonchev–Trinajstić information content (AvgIpc) is 3.51. The quantitative estimate of drug-likeness (QED) is 0.342. The average molecular weight is 470 g/mol. The van der Waals surface area contributed by atoms with Gasteiger partial charge in [-0.3, -0.25) is 20.3 Å². The fourth-order valence-electron chi connectivity index (χ4n) is 4.37. The van der Waals surface area contributed by atoms with E-state index < -0.39 is 17.5 Å². The number of ether oxygens (including phenoxy) is 2. The molecule has 1 atom stereocenters. The van der Waals surface area contributed by atoms with Crippen molar-refractivity contribution in [1.82, 2.24) is 20.4 Å². The first-order valence-corrected chi connectivity index (χ1v) is 11.3. The second-order valence-corrected chi connectivity index (χ2v) is 9.19. The number of amidine groups is 1. The molecule has 2 fully saturated rings. The zero-order valence-electron chi connectivity index (χ0n) is 18.0. The number of rotatable bonds is 5. The van der Waals surface area contributed by atoms with Gasteiger partial charge in [0.05, 0.1) is 31.7 Å². The molecule has 2 saturated heterocycles. The van der Waals surface area contributed by atoms with Gasteiger partial charge in [0, 0.05) is 30.1 Å². The molecule has 3 aliphatic rings. The van der Waals surface area contributed by atoms with Crippen LogP contribution in [0.2, 0.25) is 0 Å². The maximum atomic E-state index is 13.1. The summed E-state index contributed by atoms with van der Waals surface area (Å²) in [7, 11) is 1.54. The van der Waals surface area contributed by atoms with Gasteiger partial charge in [0.25, 0.3) is 11.8 Å². The highest BCUT2D eigenvalue weighted by atomic mass is 32.1. The van der Waals surface area contributed by atoms with Gasteiger partial charge in [0.2, 0.25) is 0 Å². The smallest absolute Gasteiger partial charge is 0.322 e. The molecule has 0 radical (unpaired) electrons. The summed E-state index contributed by atoms with van der Waals surface area (Å²) >= 11 is 1.27. The molecule has 0 aliphatic carbocycles. The van der Waals surface area contributed by atoms with E-state index in [0.717, 1.165) is 5.56 Å². The van der Waals surface area contributed by atoms with Crippen LogP contribution in [0.25, 0.3) is 0 Å².